The van der Waals surface area contributed by atoms with Crippen molar-refractivity contribution in [2.45, 2.75) is 31.5 Å². The van der Waals surface area contributed by atoms with E-state index in [9.17, 15) is 18.0 Å². The Hall–Kier alpha value is -0.780. The highest BCUT2D eigenvalue weighted by atomic mass is 19.4. The molecule has 0 heterocycles. The Morgan fingerprint density at radius 2 is 2.00 bits per heavy atom. The third-order valence-corrected chi connectivity index (χ3v) is 2.56. The van der Waals surface area contributed by atoms with Crippen LogP contribution in [0.1, 0.15) is 19.8 Å². The summed E-state index contributed by atoms with van der Waals surface area (Å²) in [4.78, 5) is 10.7. The summed E-state index contributed by atoms with van der Waals surface area (Å²) in [5.41, 5.74) is 4.45. The molecule has 1 aliphatic rings. The molecule has 82 valence electrons. The first-order valence-corrected chi connectivity index (χ1v) is 4.39. The Kier molecular flexibility index (Phi) is 2.76. The van der Waals surface area contributed by atoms with Crippen molar-refractivity contribution >= 4 is 5.91 Å². The van der Waals surface area contributed by atoms with Gasteiger partial charge < -0.3 is 11.1 Å². The van der Waals surface area contributed by atoms with Gasteiger partial charge in [-0.05, 0) is 25.7 Å². The quantitative estimate of drug-likeness (QED) is 0.723. The zero-order valence-corrected chi connectivity index (χ0v) is 7.82. The van der Waals surface area contributed by atoms with Crippen LogP contribution in [-0.2, 0) is 4.79 Å². The summed E-state index contributed by atoms with van der Waals surface area (Å²) < 4.78 is 35.8. The molecule has 1 saturated carbocycles. The van der Waals surface area contributed by atoms with Gasteiger partial charge in [0.05, 0.1) is 5.54 Å². The third-order valence-electron chi connectivity index (χ3n) is 2.56. The van der Waals surface area contributed by atoms with Gasteiger partial charge in [0.2, 0.25) is 0 Å². The highest BCUT2D eigenvalue weighted by Gasteiger charge is 2.47. The van der Waals surface area contributed by atoms with Crippen LogP contribution in [0.4, 0.5) is 13.2 Å². The van der Waals surface area contributed by atoms with E-state index in [0.29, 0.717) is 0 Å². The minimum atomic E-state index is -4.83. The van der Waals surface area contributed by atoms with Gasteiger partial charge in [0.25, 0.3) is 0 Å². The molecule has 1 amide bonds. The number of hydrogen-bond donors (Lipinski definition) is 2. The zero-order valence-electron chi connectivity index (χ0n) is 7.82. The Balaban J connectivity index is 2.61. The van der Waals surface area contributed by atoms with E-state index in [-0.39, 0.29) is 12.5 Å². The molecule has 0 aromatic carbocycles. The second kappa shape index (κ2) is 3.42. The molecule has 0 radical (unpaired) electrons. The Bertz CT molecular complexity index is 237. The first-order chi connectivity index (χ1) is 6.29. The molecule has 0 bridgehead atoms. The predicted molar refractivity (Wildman–Crippen MR) is 44.4 cm³/mol. The van der Waals surface area contributed by atoms with E-state index in [1.807, 2.05) is 5.32 Å². The molecule has 0 saturated heterocycles. The van der Waals surface area contributed by atoms with Gasteiger partial charge in [0.1, 0.15) is 0 Å². The standard InChI is InChI=1S/C8H13F3N2O/c1-7(4-12,5-2-3-5)13-6(14)8(9,10)11/h5H,2-4,12H2,1H3,(H,13,14). The van der Waals surface area contributed by atoms with Crippen LogP contribution in [0.5, 0.6) is 0 Å². The van der Waals surface area contributed by atoms with E-state index in [0.717, 1.165) is 12.8 Å². The van der Waals surface area contributed by atoms with Crippen LogP contribution in [0.3, 0.4) is 0 Å². The van der Waals surface area contributed by atoms with E-state index in [2.05, 4.69) is 0 Å². The SMILES string of the molecule is CC(CN)(NC(=O)C(F)(F)F)C1CC1. The molecule has 0 spiro atoms. The van der Waals surface area contributed by atoms with Gasteiger partial charge in [-0.25, -0.2) is 0 Å². The van der Waals surface area contributed by atoms with Gasteiger partial charge in [0, 0.05) is 6.54 Å². The third kappa shape index (κ3) is 2.37. The summed E-state index contributed by atoms with van der Waals surface area (Å²) in [5.74, 6) is -1.82. The molecular formula is C8H13F3N2O. The van der Waals surface area contributed by atoms with Crippen LogP contribution in [0.15, 0.2) is 0 Å². The van der Waals surface area contributed by atoms with Crippen molar-refractivity contribution in [1.29, 1.82) is 0 Å². The number of alkyl halides is 3. The van der Waals surface area contributed by atoms with Gasteiger partial charge in [-0.15, -0.1) is 0 Å². The van der Waals surface area contributed by atoms with E-state index >= 15 is 0 Å². The molecule has 1 unspecified atom stereocenters. The van der Waals surface area contributed by atoms with Crippen LogP contribution in [0.2, 0.25) is 0 Å². The summed E-state index contributed by atoms with van der Waals surface area (Å²) in [5, 5.41) is 1.96. The number of hydrogen-bond acceptors (Lipinski definition) is 2. The minimum absolute atomic E-state index is 0.0273. The fourth-order valence-corrected chi connectivity index (χ4v) is 1.37. The van der Waals surface area contributed by atoms with Crippen molar-refractivity contribution in [1.82, 2.24) is 5.32 Å². The lowest BCUT2D eigenvalue weighted by atomic mass is 9.96. The molecule has 0 aromatic rings. The average molecular weight is 210 g/mol. The first kappa shape index (κ1) is 11.3. The highest BCUT2D eigenvalue weighted by molar-refractivity contribution is 5.82. The van der Waals surface area contributed by atoms with Crippen LogP contribution < -0.4 is 11.1 Å². The van der Waals surface area contributed by atoms with Crippen molar-refractivity contribution in [3.05, 3.63) is 0 Å². The topological polar surface area (TPSA) is 55.1 Å². The van der Waals surface area contributed by atoms with Gasteiger partial charge in [-0.3, -0.25) is 4.79 Å². The number of nitrogens with one attached hydrogen (secondary N) is 1. The predicted octanol–water partition coefficient (Wildman–Crippen LogP) is 0.792. The molecule has 6 heteroatoms. The smallest absolute Gasteiger partial charge is 0.342 e. The summed E-state index contributed by atoms with van der Waals surface area (Å²) in [6, 6.07) is 0. The van der Waals surface area contributed by atoms with Crippen molar-refractivity contribution in [2.24, 2.45) is 11.7 Å². The highest BCUT2D eigenvalue weighted by Crippen LogP contribution is 2.39. The van der Waals surface area contributed by atoms with E-state index < -0.39 is 17.6 Å². The van der Waals surface area contributed by atoms with E-state index in [4.69, 9.17) is 5.73 Å². The van der Waals surface area contributed by atoms with Gasteiger partial charge in [-0.2, -0.15) is 13.2 Å². The number of amides is 1. The molecule has 1 atom stereocenters. The Morgan fingerprint density at radius 1 is 1.50 bits per heavy atom. The summed E-state index contributed by atoms with van der Waals surface area (Å²) in [6.07, 6.45) is -3.18. The first-order valence-electron chi connectivity index (χ1n) is 4.39. The zero-order chi connectivity index (χ0) is 11.0. The fourth-order valence-electron chi connectivity index (χ4n) is 1.37. The molecule has 1 fully saturated rings. The van der Waals surface area contributed by atoms with Crippen molar-refractivity contribution in [2.75, 3.05) is 6.54 Å². The maximum atomic E-state index is 11.9. The van der Waals surface area contributed by atoms with Crippen LogP contribution in [0, 0.1) is 5.92 Å². The minimum Gasteiger partial charge on any atom is -0.342 e. The lowest BCUT2D eigenvalue weighted by Gasteiger charge is -2.29. The monoisotopic (exact) mass is 210 g/mol. The average Bonchev–Trinajstić information content (AvgIpc) is 2.84. The maximum absolute atomic E-state index is 11.9. The summed E-state index contributed by atoms with van der Waals surface area (Å²) >= 11 is 0. The summed E-state index contributed by atoms with van der Waals surface area (Å²) in [6.45, 7) is 1.58. The lowest BCUT2D eigenvalue weighted by Crippen LogP contribution is -2.56. The van der Waals surface area contributed by atoms with Gasteiger partial charge in [-0.1, -0.05) is 0 Å². The number of carbonyl (C=O) groups excluding carboxylic acids is 1. The lowest BCUT2D eigenvalue weighted by molar-refractivity contribution is -0.175. The number of nitrogens with two attached hydrogens (primary N) is 1. The fraction of sp³-hybridized carbons (Fsp3) is 0.875. The van der Waals surface area contributed by atoms with E-state index in [1.54, 1.807) is 6.92 Å². The molecule has 3 N–H and O–H groups in total. The molecule has 0 aromatic heterocycles. The molecule has 1 rings (SSSR count). The molecule has 14 heavy (non-hydrogen) atoms. The summed E-state index contributed by atoms with van der Waals surface area (Å²) in [7, 11) is 0. The Morgan fingerprint density at radius 3 is 2.29 bits per heavy atom. The largest absolute Gasteiger partial charge is 0.471 e. The van der Waals surface area contributed by atoms with Crippen LogP contribution in [-0.4, -0.2) is 24.2 Å². The number of rotatable bonds is 3. The number of carbonyl (C=O) groups is 1. The molecule has 1 aliphatic carbocycles. The number of halogens is 3. The molecule has 0 aliphatic heterocycles. The molecular weight excluding hydrogens is 197 g/mol. The van der Waals surface area contributed by atoms with Gasteiger partial charge >= 0.3 is 12.1 Å². The van der Waals surface area contributed by atoms with E-state index in [1.165, 1.54) is 0 Å². The van der Waals surface area contributed by atoms with Crippen molar-refractivity contribution in [3.8, 4) is 0 Å². The van der Waals surface area contributed by atoms with Crippen LogP contribution >= 0.6 is 0 Å². The van der Waals surface area contributed by atoms with Crippen molar-refractivity contribution in [3.63, 3.8) is 0 Å². The second-order valence-corrected chi connectivity index (χ2v) is 3.85. The normalized spacial score (nSPS) is 21.5. The van der Waals surface area contributed by atoms with Crippen molar-refractivity contribution < 1.29 is 18.0 Å². The molecule has 3 nitrogen and oxygen atoms in total. The maximum Gasteiger partial charge on any atom is 0.471 e. The van der Waals surface area contributed by atoms with Crippen LogP contribution in [0.25, 0.3) is 0 Å². The van der Waals surface area contributed by atoms with Gasteiger partial charge in [0.15, 0.2) is 0 Å². The second-order valence-electron chi connectivity index (χ2n) is 3.85. The Labute approximate surface area is 79.8 Å².